The smallest absolute Gasteiger partial charge is 0.139 e. The second-order valence-corrected chi connectivity index (χ2v) is 4.18. The van der Waals surface area contributed by atoms with Gasteiger partial charge in [0.15, 0.2) is 0 Å². The molecule has 4 atom stereocenters. The second kappa shape index (κ2) is 1.46. The molecular weight excluding hydrogens is 124 g/mol. The molecule has 3 fully saturated rings. The number of rotatable bonds is 0. The van der Waals surface area contributed by atoms with Crippen molar-refractivity contribution in [2.45, 2.75) is 25.7 Å². The van der Waals surface area contributed by atoms with Crippen LogP contribution < -0.4 is 0 Å². The van der Waals surface area contributed by atoms with Gasteiger partial charge in [0.05, 0.1) is 0 Å². The third-order valence-electron chi connectivity index (χ3n) is 3.68. The number of hydrogen-bond acceptors (Lipinski definition) is 1. The Bertz CT molecular complexity index is 197. The number of hydrogen-bond donors (Lipinski definition) is 0. The Balaban J connectivity index is 1.89. The van der Waals surface area contributed by atoms with Crippen LogP contribution in [0.25, 0.3) is 0 Å². The maximum absolute atomic E-state index is 11.4. The molecule has 1 nitrogen and oxygen atoms in total. The van der Waals surface area contributed by atoms with Crippen LogP contribution in [-0.2, 0) is 4.79 Å². The van der Waals surface area contributed by atoms with Crippen LogP contribution in [0, 0.1) is 23.7 Å². The summed E-state index contributed by atoms with van der Waals surface area (Å²) in [5, 5.41) is 0. The fourth-order valence-corrected chi connectivity index (χ4v) is 2.75. The third kappa shape index (κ3) is 0.480. The quantitative estimate of drug-likeness (QED) is 0.494. The Labute approximate surface area is 60.8 Å². The summed E-state index contributed by atoms with van der Waals surface area (Å²) in [7, 11) is 0. The summed E-state index contributed by atoms with van der Waals surface area (Å²) in [6.07, 6.45) is 5.19. The van der Waals surface area contributed by atoms with E-state index < -0.39 is 0 Å². The molecule has 0 unspecified atom stereocenters. The van der Waals surface area contributed by atoms with Crippen LogP contribution in [0.2, 0.25) is 0 Å². The number of fused-ring (bicyclic) bond motifs is 2. The molecule has 0 bridgehead atoms. The van der Waals surface area contributed by atoms with Gasteiger partial charge in [-0.05, 0) is 37.5 Å². The Kier molecular flexibility index (Phi) is 0.781. The minimum Gasteiger partial charge on any atom is -0.299 e. The summed E-state index contributed by atoms with van der Waals surface area (Å²) in [4.78, 5) is 11.4. The van der Waals surface area contributed by atoms with Crippen molar-refractivity contribution in [2.75, 3.05) is 0 Å². The van der Waals surface area contributed by atoms with Crippen LogP contribution in [0.5, 0.6) is 0 Å². The van der Waals surface area contributed by atoms with E-state index in [1.165, 1.54) is 25.7 Å². The number of carbonyl (C=O) groups excluding carboxylic acids is 1. The first-order valence-electron chi connectivity index (χ1n) is 4.40. The van der Waals surface area contributed by atoms with Gasteiger partial charge in [0.2, 0.25) is 0 Å². The fourth-order valence-electron chi connectivity index (χ4n) is 2.75. The standard InChI is InChI=1S/C9H12O/c10-9-7-2-1-5(7)3-6-4-8(6)9/h5-8H,1-4H2/t5-,6-,7-,8+/m1/s1. The van der Waals surface area contributed by atoms with E-state index >= 15 is 0 Å². The van der Waals surface area contributed by atoms with Crippen molar-refractivity contribution < 1.29 is 4.79 Å². The van der Waals surface area contributed by atoms with Gasteiger partial charge in [0, 0.05) is 11.8 Å². The molecule has 3 rings (SSSR count). The van der Waals surface area contributed by atoms with Gasteiger partial charge in [-0.3, -0.25) is 4.79 Å². The normalized spacial score (nSPS) is 56.6. The van der Waals surface area contributed by atoms with Crippen molar-refractivity contribution in [3.63, 3.8) is 0 Å². The number of Topliss-reactive ketones (excluding diaryl/α,β-unsaturated/α-hetero) is 1. The zero-order chi connectivity index (χ0) is 6.72. The van der Waals surface area contributed by atoms with E-state index in [1.807, 2.05) is 0 Å². The second-order valence-electron chi connectivity index (χ2n) is 4.18. The summed E-state index contributed by atoms with van der Waals surface area (Å²) >= 11 is 0. The Morgan fingerprint density at radius 3 is 2.60 bits per heavy atom. The molecule has 0 aromatic heterocycles. The van der Waals surface area contributed by atoms with Crippen molar-refractivity contribution in [2.24, 2.45) is 23.7 Å². The van der Waals surface area contributed by atoms with Gasteiger partial charge < -0.3 is 0 Å². The van der Waals surface area contributed by atoms with E-state index in [4.69, 9.17) is 0 Å². The molecule has 0 aromatic rings. The summed E-state index contributed by atoms with van der Waals surface area (Å²) in [5.74, 6) is 3.38. The molecule has 0 saturated heterocycles. The lowest BCUT2D eigenvalue weighted by atomic mass is 9.65. The highest BCUT2D eigenvalue weighted by atomic mass is 16.1. The first-order valence-corrected chi connectivity index (χ1v) is 4.40. The molecule has 0 amide bonds. The van der Waals surface area contributed by atoms with E-state index in [9.17, 15) is 4.79 Å². The molecule has 1 heteroatoms. The SMILES string of the molecule is O=C1[C@H]2C[C@H]2C[C@H]2CC[C@@H]12. The van der Waals surface area contributed by atoms with Crippen molar-refractivity contribution in [1.29, 1.82) is 0 Å². The lowest BCUT2D eigenvalue weighted by molar-refractivity contribution is -0.132. The van der Waals surface area contributed by atoms with Crippen molar-refractivity contribution in [3.05, 3.63) is 0 Å². The Morgan fingerprint density at radius 2 is 1.90 bits per heavy atom. The molecule has 0 heterocycles. The number of ketones is 1. The molecule has 3 aliphatic carbocycles. The Morgan fingerprint density at radius 1 is 1.00 bits per heavy atom. The van der Waals surface area contributed by atoms with Crippen molar-refractivity contribution in [1.82, 2.24) is 0 Å². The maximum Gasteiger partial charge on any atom is 0.139 e. The van der Waals surface area contributed by atoms with E-state index in [1.54, 1.807) is 0 Å². The van der Waals surface area contributed by atoms with Gasteiger partial charge in [0.1, 0.15) is 5.78 Å². The molecule has 3 saturated carbocycles. The molecular formula is C9H12O. The van der Waals surface area contributed by atoms with Gasteiger partial charge in [-0.15, -0.1) is 0 Å². The summed E-state index contributed by atoms with van der Waals surface area (Å²) < 4.78 is 0. The molecule has 0 aromatic carbocycles. The van der Waals surface area contributed by atoms with E-state index in [2.05, 4.69) is 0 Å². The highest BCUT2D eigenvalue weighted by Crippen LogP contribution is 2.57. The minimum atomic E-state index is 0.531. The predicted molar refractivity (Wildman–Crippen MR) is 37.4 cm³/mol. The highest BCUT2D eigenvalue weighted by molar-refractivity contribution is 5.88. The number of carbonyl (C=O) groups is 1. The summed E-state index contributed by atoms with van der Waals surface area (Å²) in [6.45, 7) is 0. The third-order valence-corrected chi connectivity index (χ3v) is 3.68. The highest BCUT2D eigenvalue weighted by Gasteiger charge is 2.55. The summed E-state index contributed by atoms with van der Waals surface area (Å²) in [6, 6.07) is 0. The van der Waals surface area contributed by atoms with Gasteiger partial charge in [0.25, 0.3) is 0 Å². The maximum atomic E-state index is 11.4. The van der Waals surface area contributed by atoms with Crippen molar-refractivity contribution >= 4 is 5.78 Å². The van der Waals surface area contributed by atoms with Crippen LogP contribution in [0.3, 0.4) is 0 Å². The molecule has 10 heavy (non-hydrogen) atoms. The predicted octanol–water partition coefficient (Wildman–Crippen LogP) is 1.62. The zero-order valence-corrected chi connectivity index (χ0v) is 6.05. The average molecular weight is 136 g/mol. The molecule has 0 spiro atoms. The van der Waals surface area contributed by atoms with E-state index in [-0.39, 0.29) is 0 Å². The van der Waals surface area contributed by atoms with E-state index in [0.717, 1.165) is 11.8 Å². The topological polar surface area (TPSA) is 17.1 Å². The lowest BCUT2D eigenvalue weighted by Gasteiger charge is -2.38. The van der Waals surface area contributed by atoms with Crippen LogP contribution in [0.1, 0.15) is 25.7 Å². The van der Waals surface area contributed by atoms with Gasteiger partial charge >= 0.3 is 0 Å². The van der Waals surface area contributed by atoms with Crippen LogP contribution in [0.4, 0.5) is 0 Å². The van der Waals surface area contributed by atoms with Gasteiger partial charge in [-0.25, -0.2) is 0 Å². The van der Waals surface area contributed by atoms with Crippen LogP contribution in [-0.4, -0.2) is 5.78 Å². The zero-order valence-electron chi connectivity index (χ0n) is 6.05. The molecule has 54 valence electrons. The van der Waals surface area contributed by atoms with Gasteiger partial charge in [-0.2, -0.15) is 0 Å². The molecule has 0 N–H and O–H groups in total. The average Bonchev–Trinajstić information content (AvgIpc) is 2.56. The van der Waals surface area contributed by atoms with E-state index in [0.29, 0.717) is 17.6 Å². The summed E-state index contributed by atoms with van der Waals surface area (Å²) in [5.41, 5.74) is 0. The van der Waals surface area contributed by atoms with Crippen LogP contribution in [0.15, 0.2) is 0 Å². The monoisotopic (exact) mass is 136 g/mol. The minimum absolute atomic E-state index is 0.531. The first-order chi connectivity index (χ1) is 4.86. The Hall–Kier alpha value is -0.330. The van der Waals surface area contributed by atoms with Gasteiger partial charge in [-0.1, -0.05) is 0 Å². The lowest BCUT2D eigenvalue weighted by Crippen LogP contribution is -2.37. The fraction of sp³-hybridized carbons (Fsp3) is 0.889. The van der Waals surface area contributed by atoms with Crippen molar-refractivity contribution in [3.8, 4) is 0 Å². The largest absolute Gasteiger partial charge is 0.299 e. The first kappa shape index (κ1) is 5.34. The molecule has 0 radical (unpaired) electrons. The molecule has 0 aliphatic heterocycles. The molecule has 3 aliphatic rings. The van der Waals surface area contributed by atoms with Crippen LogP contribution >= 0.6 is 0 Å².